The maximum atomic E-state index is 13.0. The van der Waals surface area contributed by atoms with Crippen LogP contribution in [0.15, 0.2) is 54.6 Å². The van der Waals surface area contributed by atoms with Gasteiger partial charge in [0.25, 0.3) is 5.91 Å². The predicted molar refractivity (Wildman–Crippen MR) is 130 cm³/mol. The number of anilines is 1. The number of hydrogen-bond donors (Lipinski definition) is 1. The minimum absolute atomic E-state index is 0.249. The molecule has 0 atom stereocenters. The summed E-state index contributed by atoms with van der Waals surface area (Å²) in [7, 11) is 1.63. The molecule has 0 unspecified atom stereocenters. The van der Waals surface area contributed by atoms with Crippen molar-refractivity contribution in [1.29, 1.82) is 0 Å². The average Bonchev–Trinajstić information content (AvgIpc) is 3.17. The molecule has 1 amide bonds. The summed E-state index contributed by atoms with van der Waals surface area (Å²) in [5, 5.41) is 8.55. The van der Waals surface area contributed by atoms with Gasteiger partial charge in [0, 0.05) is 17.0 Å². The Kier molecular flexibility index (Phi) is 6.31. The number of amides is 1. The summed E-state index contributed by atoms with van der Waals surface area (Å²) in [6.07, 6.45) is 0. The Morgan fingerprint density at radius 1 is 1.09 bits per heavy atom. The van der Waals surface area contributed by atoms with Crippen LogP contribution in [0.25, 0.3) is 16.7 Å². The van der Waals surface area contributed by atoms with Crippen LogP contribution in [-0.2, 0) is 0 Å². The highest BCUT2D eigenvalue weighted by Gasteiger charge is 2.16. The lowest BCUT2D eigenvalue weighted by Crippen LogP contribution is -2.16. The lowest BCUT2D eigenvalue weighted by Gasteiger charge is -2.13. The zero-order valence-electron chi connectivity index (χ0n) is 19.5. The summed E-state index contributed by atoms with van der Waals surface area (Å²) in [6, 6.07) is 16.8. The fourth-order valence-corrected chi connectivity index (χ4v) is 3.59. The molecular formula is C26H28N4O3. The van der Waals surface area contributed by atoms with E-state index in [9.17, 15) is 4.79 Å². The van der Waals surface area contributed by atoms with Crippen molar-refractivity contribution in [3.63, 3.8) is 0 Å². The number of benzene rings is 2. The van der Waals surface area contributed by atoms with Gasteiger partial charge in [-0.2, -0.15) is 9.78 Å². The van der Waals surface area contributed by atoms with Gasteiger partial charge in [0.2, 0.25) is 0 Å². The van der Waals surface area contributed by atoms with Crippen molar-refractivity contribution in [2.75, 3.05) is 19.0 Å². The van der Waals surface area contributed by atoms with Crippen LogP contribution in [0, 0.1) is 19.8 Å². The molecular weight excluding hydrogens is 416 g/mol. The number of ether oxygens (including phenoxy) is 2. The number of nitrogens with zero attached hydrogens (tertiary/aromatic N) is 3. The van der Waals surface area contributed by atoms with E-state index in [0.29, 0.717) is 41.2 Å². The molecule has 0 saturated heterocycles. The second kappa shape index (κ2) is 9.32. The van der Waals surface area contributed by atoms with Crippen LogP contribution < -0.4 is 14.8 Å². The number of carbonyl (C=O) groups excluding carboxylic acids is 1. The van der Waals surface area contributed by atoms with E-state index in [0.717, 1.165) is 22.2 Å². The van der Waals surface area contributed by atoms with Crippen molar-refractivity contribution >= 4 is 22.6 Å². The number of para-hydroxylation sites is 1. The molecule has 0 fully saturated rings. The molecule has 0 spiro atoms. The highest BCUT2D eigenvalue weighted by atomic mass is 16.5. The molecule has 0 aliphatic carbocycles. The second-order valence-electron chi connectivity index (χ2n) is 8.42. The van der Waals surface area contributed by atoms with Gasteiger partial charge in [-0.3, -0.25) is 4.79 Å². The van der Waals surface area contributed by atoms with Crippen molar-refractivity contribution in [2.45, 2.75) is 27.7 Å². The van der Waals surface area contributed by atoms with E-state index in [1.54, 1.807) is 23.9 Å². The van der Waals surface area contributed by atoms with Gasteiger partial charge >= 0.3 is 0 Å². The Morgan fingerprint density at radius 3 is 2.64 bits per heavy atom. The first-order valence-electron chi connectivity index (χ1n) is 10.9. The summed E-state index contributed by atoms with van der Waals surface area (Å²) in [5.74, 6) is 2.64. The van der Waals surface area contributed by atoms with Crippen LogP contribution in [0.5, 0.6) is 11.5 Å². The third kappa shape index (κ3) is 4.82. The first kappa shape index (κ1) is 22.3. The number of rotatable bonds is 7. The van der Waals surface area contributed by atoms with Crippen LogP contribution >= 0.6 is 0 Å². The van der Waals surface area contributed by atoms with Crippen molar-refractivity contribution < 1.29 is 14.3 Å². The van der Waals surface area contributed by atoms with E-state index in [2.05, 4.69) is 24.3 Å². The largest absolute Gasteiger partial charge is 0.494 e. The fraction of sp³-hybridized carbons (Fsp3) is 0.269. The van der Waals surface area contributed by atoms with Crippen LogP contribution in [0.4, 0.5) is 5.82 Å². The normalized spacial score (nSPS) is 11.1. The second-order valence-corrected chi connectivity index (χ2v) is 8.42. The lowest BCUT2D eigenvalue weighted by atomic mass is 10.1. The van der Waals surface area contributed by atoms with Crippen molar-refractivity contribution in [1.82, 2.24) is 14.8 Å². The number of aryl methyl sites for hydroxylation is 2. The molecule has 4 rings (SSSR count). The molecule has 0 radical (unpaired) electrons. The molecule has 0 aliphatic heterocycles. The molecule has 7 nitrogen and oxygen atoms in total. The van der Waals surface area contributed by atoms with Crippen LogP contribution in [-0.4, -0.2) is 34.4 Å². The zero-order chi connectivity index (χ0) is 23.5. The first-order chi connectivity index (χ1) is 15.9. The molecule has 0 saturated carbocycles. The van der Waals surface area contributed by atoms with E-state index in [1.165, 1.54) is 0 Å². The molecule has 2 aromatic carbocycles. The SMILES string of the molecule is COc1cccc2c(C)cc(-n3nc(C)cc3NC(=O)c3cccc(OCC(C)C)c3)nc12. The average molecular weight is 445 g/mol. The van der Waals surface area contributed by atoms with Crippen LogP contribution in [0.1, 0.15) is 35.5 Å². The molecule has 170 valence electrons. The number of fused-ring (bicyclic) bond motifs is 1. The summed E-state index contributed by atoms with van der Waals surface area (Å²) in [6.45, 7) is 8.65. The summed E-state index contributed by atoms with van der Waals surface area (Å²) < 4.78 is 12.9. The summed E-state index contributed by atoms with van der Waals surface area (Å²) in [4.78, 5) is 17.8. The number of aromatic nitrogens is 3. The minimum Gasteiger partial charge on any atom is -0.494 e. The Hall–Kier alpha value is -3.87. The predicted octanol–water partition coefficient (Wildman–Crippen LogP) is 5.33. The van der Waals surface area contributed by atoms with Gasteiger partial charge in [-0.05, 0) is 55.7 Å². The van der Waals surface area contributed by atoms with Crippen molar-refractivity contribution in [3.8, 4) is 17.3 Å². The molecule has 0 aliphatic rings. The van der Waals surface area contributed by atoms with Gasteiger partial charge in [-0.25, -0.2) is 4.98 Å². The molecule has 0 bridgehead atoms. The van der Waals surface area contributed by atoms with Gasteiger partial charge in [0.1, 0.15) is 22.8 Å². The quantitative estimate of drug-likeness (QED) is 0.417. The number of pyridine rings is 1. The third-order valence-corrected chi connectivity index (χ3v) is 5.19. The van der Waals surface area contributed by atoms with Gasteiger partial charge in [0.05, 0.1) is 19.4 Å². The smallest absolute Gasteiger partial charge is 0.256 e. The monoisotopic (exact) mass is 444 g/mol. The Balaban J connectivity index is 1.66. The van der Waals surface area contributed by atoms with Crippen molar-refractivity contribution in [2.24, 2.45) is 5.92 Å². The maximum absolute atomic E-state index is 13.0. The Morgan fingerprint density at radius 2 is 1.88 bits per heavy atom. The molecule has 2 aromatic heterocycles. The van der Waals surface area contributed by atoms with E-state index in [4.69, 9.17) is 14.5 Å². The molecule has 33 heavy (non-hydrogen) atoms. The van der Waals surface area contributed by atoms with Crippen LogP contribution in [0.2, 0.25) is 0 Å². The Bertz CT molecular complexity index is 1310. The Labute approximate surface area is 193 Å². The number of methoxy groups -OCH3 is 1. The van der Waals surface area contributed by atoms with Gasteiger partial charge in [-0.1, -0.05) is 32.0 Å². The van der Waals surface area contributed by atoms with Gasteiger partial charge in [-0.15, -0.1) is 0 Å². The van der Waals surface area contributed by atoms with Gasteiger partial charge < -0.3 is 14.8 Å². The minimum atomic E-state index is -0.249. The summed E-state index contributed by atoms with van der Waals surface area (Å²) >= 11 is 0. The lowest BCUT2D eigenvalue weighted by molar-refractivity contribution is 0.102. The topological polar surface area (TPSA) is 78.3 Å². The molecule has 2 heterocycles. The number of hydrogen-bond acceptors (Lipinski definition) is 5. The fourth-order valence-electron chi connectivity index (χ4n) is 3.59. The van der Waals surface area contributed by atoms with E-state index < -0.39 is 0 Å². The highest BCUT2D eigenvalue weighted by molar-refractivity contribution is 6.04. The zero-order valence-corrected chi connectivity index (χ0v) is 19.5. The third-order valence-electron chi connectivity index (χ3n) is 5.19. The van der Waals surface area contributed by atoms with E-state index >= 15 is 0 Å². The van der Waals surface area contributed by atoms with E-state index in [-0.39, 0.29) is 5.91 Å². The first-order valence-corrected chi connectivity index (χ1v) is 10.9. The molecule has 7 heteroatoms. The molecule has 4 aromatic rings. The maximum Gasteiger partial charge on any atom is 0.256 e. The number of nitrogens with one attached hydrogen (secondary N) is 1. The standard InChI is InChI=1S/C26H28N4O3/c1-16(2)15-33-20-9-6-8-19(14-20)26(31)28-24-13-18(4)29-30(24)23-12-17(3)21-10-7-11-22(32-5)25(21)27-23/h6-14,16H,15H2,1-5H3,(H,28,31). The highest BCUT2D eigenvalue weighted by Crippen LogP contribution is 2.28. The van der Waals surface area contributed by atoms with Crippen LogP contribution in [0.3, 0.4) is 0 Å². The van der Waals surface area contributed by atoms with E-state index in [1.807, 2.05) is 56.3 Å². The molecule has 1 N–H and O–H groups in total. The van der Waals surface area contributed by atoms with Crippen molar-refractivity contribution in [3.05, 3.63) is 71.4 Å². The number of carbonyl (C=O) groups is 1. The van der Waals surface area contributed by atoms with Gasteiger partial charge in [0.15, 0.2) is 5.82 Å². The summed E-state index contributed by atoms with van der Waals surface area (Å²) in [5.41, 5.74) is 3.05.